The Kier molecular flexibility index (Phi) is 6.01. The van der Waals surface area contributed by atoms with Gasteiger partial charge in [0.05, 0.1) is 22.1 Å². The number of aliphatic carboxylic acids is 1. The molecular formula is C17H18N2O7S. The summed E-state index contributed by atoms with van der Waals surface area (Å²) in [6.07, 6.45) is 0. The Morgan fingerprint density at radius 3 is 2.56 bits per heavy atom. The maximum absolute atomic E-state index is 13.1. The molecule has 0 fully saturated rings. The van der Waals surface area contributed by atoms with Gasteiger partial charge in [-0.15, -0.1) is 0 Å². The summed E-state index contributed by atoms with van der Waals surface area (Å²) < 4.78 is 32.3. The molecule has 0 heterocycles. The fourth-order valence-corrected chi connectivity index (χ4v) is 4.09. The number of anilines is 1. The van der Waals surface area contributed by atoms with Gasteiger partial charge in [0.15, 0.2) is 0 Å². The third kappa shape index (κ3) is 4.53. The zero-order valence-electron chi connectivity index (χ0n) is 14.7. The first-order chi connectivity index (χ1) is 12.7. The maximum Gasteiger partial charge on any atom is 0.324 e. The Morgan fingerprint density at radius 2 is 1.96 bits per heavy atom. The molecule has 0 aromatic heterocycles. The second-order valence-corrected chi connectivity index (χ2v) is 7.37. The highest BCUT2D eigenvalue weighted by Crippen LogP contribution is 2.30. The largest absolute Gasteiger partial charge is 0.494 e. The molecule has 144 valence electrons. The minimum atomic E-state index is -4.38. The van der Waals surface area contributed by atoms with E-state index in [1.54, 1.807) is 13.0 Å². The van der Waals surface area contributed by atoms with Crippen LogP contribution in [0.2, 0.25) is 0 Å². The molecule has 0 aliphatic carbocycles. The van der Waals surface area contributed by atoms with Crippen LogP contribution in [0.15, 0.2) is 47.4 Å². The van der Waals surface area contributed by atoms with Crippen molar-refractivity contribution in [1.82, 2.24) is 0 Å². The molecule has 0 aliphatic rings. The van der Waals surface area contributed by atoms with Crippen molar-refractivity contribution in [2.45, 2.75) is 18.7 Å². The molecule has 0 amide bonds. The first-order valence-electron chi connectivity index (χ1n) is 7.89. The van der Waals surface area contributed by atoms with E-state index in [0.717, 1.165) is 6.07 Å². The molecule has 9 nitrogen and oxygen atoms in total. The van der Waals surface area contributed by atoms with Crippen molar-refractivity contribution in [3.05, 3.63) is 58.1 Å². The van der Waals surface area contributed by atoms with Gasteiger partial charge in [-0.3, -0.25) is 19.2 Å². The predicted octanol–water partition coefficient (Wildman–Crippen LogP) is 2.58. The molecule has 27 heavy (non-hydrogen) atoms. The molecule has 0 saturated carbocycles. The maximum atomic E-state index is 13.1. The highest BCUT2D eigenvalue weighted by Gasteiger charge is 2.30. The Hall–Kier alpha value is -3.14. The Labute approximate surface area is 156 Å². The smallest absolute Gasteiger partial charge is 0.324 e. The van der Waals surface area contributed by atoms with Crippen molar-refractivity contribution in [2.24, 2.45) is 0 Å². The minimum absolute atomic E-state index is 0.0780. The Bertz CT molecular complexity index is 973. The lowest BCUT2D eigenvalue weighted by Gasteiger charge is -2.24. The number of carboxylic acids is 1. The van der Waals surface area contributed by atoms with Gasteiger partial charge in [0.2, 0.25) is 0 Å². The number of nitro benzene ring substituents is 1. The number of carboxylic acid groups (broad SMARTS) is 1. The number of hydrogen-bond acceptors (Lipinski definition) is 6. The number of carbonyl (C=O) groups is 1. The van der Waals surface area contributed by atoms with Crippen LogP contribution >= 0.6 is 0 Å². The summed E-state index contributed by atoms with van der Waals surface area (Å²) in [6, 6.07) is 9.38. The van der Waals surface area contributed by atoms with Crippen LogP contribution in [0.25, 0.3) is 0 Å². The Morgan fingerprint density at radius 1 is 1.26 bits per heavy atom. The fourth-order valence-electron chi connectivity index (χ4n) is 2.43. The normalized spacial score (nSPS) is 11.0. The number of benzene rings is 2. The molecule has 2 rings (SSSR count). The molecule has 0 saturated heterocycles. The van der Waals surface area contributed by atoms with E-state index < -0.39 is 33.1 Å². The topological polar surface area (TPSA) is 127 Å². The molecule has 0 aliphatic heterocycles. The second kappa shape index (κ2) is 8.04. The molecule has 2 aromatic rings. The summed E-state index contributed by atoms with van der Waals surface area (Å²) in [6.45, 7) is 2.73. The van der Waals surface area contributed by atoms with E-state index in [9.17, 15) is 28.4 Å². The first kappa shape index (κ1) is 20.2. The average Bonchev–Trinajstić information content (AvgIpc) is 2.60. The van der Waals surface area contributed by atoms with E-state index in [-0.39, 0.29) is 16.1 Å². The highest BCUT2D eigenvalue weighted by molar-refractivity contribution is 7.93. The van der Waals surface area contributed by atoms with Crippen molar-refractivity contribution in [3.63, 3.8) is 0 Å². The number of ether oxygens (including phenoxy) is 1. The van der Waals surface area contributed by atoms with Gasteiger partial charge in [0.25, 0.3) is 15.7 Å². The summed E-state index contributed by atoms with van der Waals surface area (Å²) in [7, 11) is -4.38. The lowest BCUT2D eigenvalue weighted by Crippen LogP contribution is -2.36. The van der Waals surface area contributed by atoms with Crippen molar-refractivity contribution >= 4 is 27.4 Å². The van der Waals surface area contributed by atoms with Gasteiger partial charge in [-0.1, -0.05) is 12.1 Å². The van der Waals surface area contributed by atoms with Crippen molar-refractivity contribution < 1.29 is 28.0 Å². The number of sulfonamides is 1. The van der Waals surface area contributed by atoms with E-state index in [4.69, 9.17) is 4.74 Å². The van der Waals surface area contributed by atoms with Crippen LogP contribution in [0.5, 0.6) is 5.75 Å². The summed E-state index contributed by atoms with van der Waals surface area (Å²) in [5.74, 6) is -1.00. The number of nitrogens with zero attached hydrogens (tertiary/aromatic N) is 2. The molecule has 10 heteroatoms. The predicted molar refractivity (Wildman–Crippen MR) is 97.6 cm³/mol. The molecule has 1 N–H and O–H groups in total. The third-order valence-electron chi connectivity index (χ3n) is 3.65. The van der Waals surface area contributed by atoms with Crippen LogP contribution < -0.4 is 9.04 Å². The summed E-state index contributed by atoms with van der Waals surface area (Å²) in [4.78, 5) is 21.3. The van der Waals surface area contributed by atoms with Gasteiger partial charge in [0, 0.05) is 18.2 Å². The molecule has 0 radical (unpaired) electrons. The zero-order chi connectivity index (χ0) is 20.2. The molecule has 2 aromatic carbocycles. The quantitative estimate of drug-likeness (QED) is 0.538. The first-order valence-corrected chi connectivity index (χ1v) is 9.33. The van der Waals surface area contributed by atoms with Gasteiger partial charge in [0.1, 0.15) is 12.3 Å². The molecule has 0 unspecified atom stereocenters. The standard InChI is InChI=1S/C17H18N2O7S/c1-3-26-15-6-4-5-13(9-15)18(11-17(20)21)27(24,25)16-10-14(19(22)23)8-7-12(16)2/h4-10H,3,11H2,1-2H3,(H,20,21). The SMILES string of the molecule is CCOc1cccc(N(CC(=O)O)S(=O)(=O)c2cc([N+](=O)[O-])ccc2C)c1. The lowest BCUT2D eigenvalue weighted by atomic mass is 10.2. The molecule has 0 atom stereocenters. The number of hydrogen-bond donors (Lipinski definition) is 1. The molecular weight excluding hydrogens is 376 g/mol. The molecule has 0 bridgehead atoms. The lowest BCUT2D eigenvalue weighted by molar-refractivity contribution is -0.385. The highest BCUT2D eigenvalue weighted by atomic mass is 32.2. The van der Waals surface area contributed by atoms with E-state index in [1.807, 2.05) is 0 Å². The zero-order valence-corrected chi connectivity index (χ0v) is 15.5. The molecule has 0 spiro atoms. The van der Waals surface area contributed by atoms with Crippen LogP contribution in [-0.2, 0) is 14.8 Å². The van der Waals surface area contributed by atoms with Crippen molar-refractivity contribution in [1.29, 1.82) is 0 Å². The monoisotopic (exact) mass is 394 g/mol. The van der Waals surface area contributed by atoms with Crippen LogP contribution in [-0.4, -0.2) is 37.6 Å². The number of nitro groups is 1. The van der Waals surface area contributed by atoms with Gasteiger partial charge in [-0.05, 0) is 31.5 Å². The van der Waals surface area contributed by atoms with E-state index >= 15 is 0 Å². The average molecular weight is 394 g/mol. The third-order valence-corrected chi connectivity index (χ3v) is 5.56. The van der Waals surface area contributed by atoms with Crippen LogP contribution in [0.3, 0.4) is 0 Å². The fraction of sp³-hybridized carbons (Fsp3) is 0.235. The number of non-ortho nitro benzene ring substituents is 1. The Balaban J connectivity index is 2.62. The summed E-state index contributed by atoms with van der Waals surface area (Å²) >= 11 is 0. The number of rotatable bonds is 8. The van der Waals surface area contributed by atoms with Crippen molar-refractivity contribution in [3.8, 4) is 5.75 Å². The van der Waals surface area contributed by atoms with Crippen LogP contribution in [0.1, 0.15) is 12.5 Å². The van der Waals surface area contributed by atoms with Crippen LogP contribution in [0, 0.1) is 17.0 Å². The van der Waals surface area contributed by atoms with Gasteiger partial charge in [-0.2, -0.15) is 0 Å². The van der Waals surface area contributed by atoms with E-state index in [2.05, 4.69) is 0 Å². The van der Waals surface area contributed by atoms with Gasteiger partial charge in [-0.25, -0.2) is 8.42 Å². The minimum Gasteiger partial charge on any atom is -0.494 e. The van der Waals surface area contributed by atoms with Gasteiger partial charge < -0.3 is 9.84 Å². The van der Waals surface area contributed by atoms with Crippen LogP contribution in [0.4, 0.5) is 11.4 Å². The van der Waals surface area contributed by atoms with Gasteiger partial charge >= 0.3 is 5.97 Å². The number of aryl methyl sites for hydroxylation is 1. The summed E-state index contributed by atoms with van der Waals surface area (Å²) in [5.41, 5.74) is -0.0660. The van der Waals surface area contributed by atoms with Crippen molar-refractivity contribution in [2.75, 3.05) is 17.5 Å². The van der Waals surface area contributed by atoms with E-state index in [0.29, 0.717) is 16.7 Å². The second-order valence-electron chi connectivity index (χ2n) is 5.54. The summed E-state index contributed by atoms with van der Waals surface area (Å²) in [5, 5.41) is 20.2. The van der Waals surface area contributed by atoms with E-state index in [1.165, 1.54) is 37.3 Å².